The van der Waals surface area contributed by atoms with Crippen LogP contribution in [0.3, 0.4) is 0 Å². The van der Waals surface area contributed by atoms with Gasteiger partial charge in [0.25, 0.3) is 0 Å². The number of sulfone groups is 2. The molecule has 2 N–H and O–H groups in total. The number of nitriles is 2. The van der Waals surface area contributed by atoms with Crippen LogP contribution in [0.15, 0.2) is 94.0 Å². The molecule has 2 saturated heterocycles. The lowest BCUT2D eigenvalue weighted by atomic mass is 10.1. The summed E-state index contributed by atoms with van der Waals surface area (Å²) in [6.45, 7) is 4.08. The molecule has 8 heterocycles. The SMILES string of the molecule is COc1cccc(OC)c1-n1c(CS(=O)(=O)[C@@H]2C[C@H](O)CN(c3cnc(Cl)c(C#N)c3)C2)nnc1-c1ccc(C)o1.COc1cccc(OC)c1-n1c(CS(=O)(=O)[C@H]2C[C@@H](O)CN(c3cnc(Cl)c(C#N)c3)C2)nnc1-c1ccc(C)o1. The Morgan fingerprint density at radius 1 is 0.585 bits per heavy atom. The summed E-state index contributed by atoms with van der Waals surface area (Å²) in [6.07, 6.45) is 1.10. The maximum atomic E-state index is 13.9. The quantitative estimate of drug-likeness (QED) is 0.0956. The number of anilines is 2. The lowest BCUT2D eigenvalue weighted by molar-refractivity contribution is 0.154. The van der Waals surface area contributed by atoms with Crippen LogP contribution in [0.2, 0.25) is 10.3 Å². The number of rotatable bonds is 16. The molecule has 8 aromatic rings. The third kappa shape index (κ3) is 12.2. The minimum absolute atomic E-state index is 0.0291. The highest BCUT2D eigenvalue weighted by Crippen LogP contribution is 2.40. The van der Waals surface area contributed by atoms with Crippen LogP contribution < -0.4 is 28.7 Å². The Morgan fingerprint density at radius 3 is 1.27 bits per heavy atom. The van der Waals surface area contributed by atoms with Gasteiger partial charge < -0.3 is 47.8 Å². The number of β-amino-alcohol motifs (C(OH)–C–C–N with tert-alkyl or cyclic N) is 2. The molecule has 82 heavy (non-hydrogen) atoms. The van der Waals surface area contributed by atoms with E-state index in [-0.39, 0.29) is 83.8 Å². The van der Waals surface area contributed by atoms with Gasteiger partial charge in [-0.1, -0.05) is 35.3 Å². The topological polar surface area (TPSA) is 313 Å². The number of nitrogens with zero attached hydrogens (tertiary/aromatic N) is 12. The molecular formula is C54H54Cl2N12O12S2. The third-order valence-electron chi connectivity index (χ3n) is 13.7. The maximum absolute atomic E-state index is 13.9. The van der Waals surface area contributed by atoms with Crippen molar-refractivity contribution in [2.75, 3.05) is 64.4 Å². The minimum Gasteiger partial charge on any atom is -0.494 e. The van der Waals surface area contributed by atoms with E-state index in [9.17, 15) is 37.6 Å². The third-order valence-corrected chi connectivity index (χ3v) is 18.3. The summed E-state index contributed by atoms with van der Waals surface area (Å²) in [7, 11) is -1.84. The van der Waals surface area contributed by atoms with E-state index in [1.54, 1.807) is 93.4 Å². The molecule has 0 spiro atoms. The van der Waals surface area contributed by atoms with E-state index in [1.165, 1.54) is 53.0 Å². The number of hydrogen-bond donors (Lipinski definition) is 2. The van der Waals surface area contributed by atoms with Gasteiger partial charge >= 0.3 is 0 Å². The predicted molar refractivity (Wildman–Crippen MR) is 300 cm³/mol. The Morgan fingerprint density at radius 2 is 0.951 bits per heavy atom. The van der Waals surface area contributed by atoms with Gasteiger partial charge in [0.05, 0.1) is 86.0 Å². The highest BCUT2D eigenvalue weighted by atomic mass is 35.5. The number of aromatic nitrogens is 8. The Bertz CT molecular complexity index is 3670. The van der Waals surface area contributed by atoms with Crippen LogP contribution in [0.1, 0.15) is 47.1 Å². The molecule has 24 nitrogen and oxygen atoms in total. The zero-order chi connectivity index (χ0) is 58.6. The molecule has 6 aromatic heterocycles. The van der Waals surface area contributed by atoms with Gasteiger partial charge in [0.15, 0.2) is 42.8 Å². The van der Waals surface area contributed by atoms with Crippen molar-refractivity contribution in [2.45, 2.75) is 60.9 Å². The Labute approximate surface area is 481 Å². The van der Waals surface area contributed by atoms with Crippen molar-refractivity contribution >= 4 is 54.3 Å². The van der Waals surface area contributed by atoms with Gasteiger partial charge in [-0.2, -0.15) is 10.5 Å². The van der Waals surface area contributed by atoms with Gasteiger partial charge in [-0.3, -0.25) is 9.13 Å². The minimum atomic E-state index is -3.92. The standard InChI is InChI=1S/2C27H27ClN6O6S/c2*1-16-7-8-23(40-16)27-32-31-24(34(27)25-21(38-2)5-4-6-22(25)39-3)15-41(36,37)20-10-19(35)13-33(14-20)18-9-17(11-29)26(28)30-12-18/h2*4-9,12,19-20,35H,10,13-15H2,1-3H3/t2*19-,20+/m10/s1. The van der Waals surface area contributed by atoms with Crippen molar-refractivity contribution in [1.82, 2.24) is 39.5 Å². The van der Waals surface area contributed by atoms with Crippen molar-refractivity contribution in [1.29, 1.82) is 10.5 Å². The normalized spacial score (nSPS) is 17.3. The van der Waals surface area contributed by atoms with Gasteiger partial charge in [0, 0.05) is 26.2 Å². The van der Waals surface area contributed by atoms with Gasteiger partial charge in [-0.05, 0) is 87.4 Å². The van der Waals surface area contributed by atoms with Crippen LogP contribution in [0.5, 0.6) is 23.0 Å². The molecule has 28 heteroatoms. The second-order valence-electron chi connectivity index (χ2n) is 19.1. The van der Waals surface area contributed by atoms with Crippen molar-refractivity contribution in [3.63, 3.8) is 0 Å². The highest BCUT2D eigenvalue weighted by Gasteiger charge is 2.39. The number of piperidine rings is 2. The summed E-state index contributed by atoms with van der Waals surface area (Å²) in [5.41, 5.74) is 2.12. The Balaban J connectivity index is 0.000000198. The molecule has 0 amide bonds. The van der Waals surface area contributed by atoms with E-state index < -0.39 is 53.9 Å². The first-order chi connectivity index (χ1) is 39.3. The summed E-state index contributed by atoms with van der Waals surface area (Å²) in [5, 5.41) is 55.3. The number of methoxy groups -OCH3 is 4. The number of benzene rings is 2. The van der Waals surface area contributed by atoms with E-state index in [2.05, 4.69) is 30.4 Å². The molecule has 2 fully saturated rings. The second-order valence-corrected chi connectivity index (χ2v) is 24.4. The number of furan rings is 2. The molecule has 0 radical (unpaired) electrons. The number of hydrogen-bond acceptors (Lipinski definition) is 22. The first kappa shape index (κ1) is 58.4. The fourth-order valence-corrected chi connectivity index (χ4v) is 13.5. The monoisotopic (exact) mass is 1200 g/mol. The van der Waals surface area contributed by atoms with Crippen molar-refractivity contribution in [3.05, 3.63) is 130 Å². The van der Waals surface area contributed by atoms with Crippen LogP contribution in [0.25, 0.3) is 34.5 Å². The number of aryl methyl sites for hydroxylation is 2. The Hall–Kier alpha value is -8.24. The molecule has 4 atom stereocenters. The summed E-state index contributed by atoms with van der Waals surface area (Å²) in [5.74, 6) is 3.49. The predicted octanol–water partition coefficient (Wildman–Crippen LogP) is 6.66. The van der Waals surface area contributed by atoms with Gasteiger partial charge in [0.2, 0.25) is 11.6 Å². The van der Waals surface area contributed by atoms with Crippen LogP contribution >= 0.6 is 23.2 Å². The van der Waals surface area contributed by atoms with E-state index in [4.69, 9.17) is 51.0 Å². The second kappa shape index (κ2) is 24.5. The molecule has 0 bridgehead atoms. The summed E-state index contributed by atoms with van der Waals surface area (Å²) in [6, 6.07) is 24.4. The smallest absolute Gasteiger partial charge is 0.204 e. The van der Waals surface area contributed by atoms with Crippen molar-refractivity contribution in [2.24, 2.45) is 0 Å². The van der Waals surface area contributed by atoms with Crippen molar-refractivity contribution < 1.29 is 54.8 Å². The molecule has 10 rings (SSSR count). The van der Waals surface area contributed by atoms with Crippen LogP contribution in [-0.2, 0) is 31.2 Å². The lowest BCUT2D eigenvalue weighted by Crippen LogP contribution is -2.49. The van der Waals surface area contributed by atoms with Gasteiger partial charge in [-0.15, -0.1) is 20.4 Å². The number of ether oxygens (including phenoxy) is 4. The summed E-state index contributed by atoms with van der Waals surface area (Å²) in [4.78, 5) is 11.4. The zero-order valence-corrected chi connectivity index (χ0v) is 48.1. The molecule has 0 unspecified atom stereocenters. The lowest BCUT2D eigenvalue weighted by Gasteiger charge is -2.36. The molecule has 0 saturated carbocycles. The van der Waals surface area contributed by atoms with E-state index >= 15 is 0 Å². The maximum Gasteiger partial charge on any atom is 0.204 e. The molecule has 2 aliphatic heterocycles. The van der Waals surface area contributed by atoms with E-state index in [0.29, 0.717) is 68.8 Å². The molecule has 2 aromatic carbocycles. The number of aliphatic hydroxyl groups excluding tert-OH is 2. The first-order valence-electron chi connectivity index (χ1n) is 25.1. The van der Waals surface area contributed by atoms with Crippen LogP contribution in [0, 0.1) is 36.5 Å². The average Bonchev–Trinajstić information content (AvgIpc) is 4.48. The fourth-order valence-electron chi connectivity index (χ4n) is 9.79. The number of halogens is 2. The number of pyridine rings is 2. The molecule has 0 aliphatic carbocycles. The molecule has 428 valence electrons. The van der Waals surface area contributed by atoms with Crippen LogP contribution in [0.4, 0.5) is 11.4 Å². The first-order valence-corrected chi connectivity index (χ1v) is 29.3. The molecular weight excluding hydrogens is 1140 g/mol. The van der Waals surface area contributed by atoms with E-state index in [0.717, 1.165) is 0 Å². The van der Waals surface area contributed by atoms with Gasteiger partial charge in [-0.25, -0.2) is 26.8 Å². The fraction of sp³-hybridized carbons (Fsp3) is 0.333. The average molecular weight is 1200 g/mol. The summed E-state index contributed by atoms with van der Waals surface area (Å²) >= 11 is 11.9. The van der Waals surface area contributed by atoms with Crippen molar-refractivity contribution in [3.8, 4) is 69.7 Å². The summed E-state index contributed by atoms with van der Waals surface area (Å²) < 4.78 is 92.8. The van der Waals surface area contributed by atoms with Crippen LogP contribution in [-0.4, -0.2) is 144 Å². The zero-order valence-electron chi connectivity index (χ0n) is 45.0. The number of para-hydroxylation sites is 2. The Kier molecular flexibility index (Phi) is 17.4. The highest BCUT2D eigenvalue weighted by molar-refractivity contribution is 7.91. The molecule has 2 aliphatic rings. The van der Waals surface area contributed by atoms with E-state index in [1.807, 2.05) is 12.1 Å². The van der Waals surface area contributed by atoms with Gasteiger partial charge in [0.1, 0.15) is 79.8 Å². The number of aliphatic hydroxyl groups is 2. The largest absolute Gasteiger partial charge is 0.494 e.